The smallest absolute Gasteiger partial charge is 0.255 e. The van der Waals surface area contributed by atoms with E-state index in [2.05, 4.69) is 15.2 Å². The van der Waals surface area contributed by atoms with Gasteiger partial charge in [-0.05, 0) is 30.5 Å². The van der Waals surface area contributed by atoms with E-state index >= 15 is 0 Å². The van der Waals surface area contributed by atoms with Crippen molar-refractivity contribution in [1.82, 2.24) is 19.7 Å². The molecule has 2 aliphatic heterocycles. The highest BCUT2D eigenvalue weighted by Gasteiger charge is 2.27. The number of aliphatic imine (C=N–C) groups is 1. The van der Waals surface area contributed by atoms with Crippen molar-refractivity contribution in [2.45, 2.75) is 20.0 Å². The van der Waals surface area contributed by atoms with Gasteiger partial charge in [-0.2, -0.15) is 0 Å². The maximum atomic E-state index is 13.2. The number of hydrogen-bond donors (Lipinski definition) is 0. The fourth-order valence-corrected chi connectivity index (χ4v) is 3.65. The molecule has 0 unspecified atom stereocenters. The van der Waals surface area contributed by atoms with Crippen molar-refractivity contribution in [3.05, 3.63) is 51.7 Å². The Bertz CT molecular complexity index is 955. The minimum Gasteiger partial charge on any atom is -0.329 e. The van der Waals surface area contributed by atoms with Gasteiger partial charge in [-0.25, -0.2) is 4.39 Å². The Labute approximate surface area is 158 Å². The fraction of sp³-hybridized carbons (Fsp3) is 0.294. The Morgan fingerprint density at radius 2 is 2.15 bits per heavy atom. The normalized spacial score (nSPS) is 16.3. The van der Waals surface area contributed by atoms with Crippen LogP contribution in [-0.4, -0.2) is 43.7 Å². The zero-order valence-electron chi connectivity index (χ0n) is 13.9. The van der Waals surface area contributed by atoms with E-state index in [0.717, 1.165) is 34.9 Å². The molecule has 26 heavy (non-hydrogen) atoms. The third-order valence-corrected chi connectivity index (χ3v) is 5.53. The molecule has 6 nitrogen and oxygen atoms in total. The molecule has 2 aromatic rings. The summed E-state index contributed by atoms with van der Waals surface area (Å²) in [5.41, 5.74) is 1.31. The van der Waals surface area contributed by atoms with Crippen molar-refractivity contribution in [2.75, 3.05) is 13.1 Å². The van der Waals surface area contributed by atoms with E-state index < -0.39 is 5.82 Å². The van der Waals surface area contributed by atoms with Crippen molar-refractivity contribution in [2.24, 2.45) is 4.99 Å². The summed E-state index contributed by atoms with van der Waals surface area (Å²) in [7, 11) is 0. The summed E-state index contributed by atoms with van der Waals surface area (Å²) in [5, 5.41) is 11.8. The first kappa shape index (κ1) is 17.2. The molecular formula is C17H15ClFN5OS. The van der Waals surface area contributed by atoms with Crippen molar-refractivity contribution in [3.8, 4) is 0 Å². The van der Waals surface area contributed by atoms with E-state index in [1.54, 1.807) is 16.7 Å². The molecular weight excluding hydrogens is 377 g/mol. The standard InChI is InChI=1S/C17H15ClFN5OS/c1-10(9-26-15-7-20-15)16-22-21-14-8-23(4-5-24(14)16)17(25)12-3-2-11(19)6-13(12)18/h2-3,6,9H,4-5,7-8H2,1H3/b10-9+. The van der Waals surface area contributed by atoms with Gasteiger partial charge in [0.1, 0.15) is 5.82 Å². The number of hydrogen-bond acceptors (Lipinski definition) is 5. The summed E-state index contributed by atoms with van der Waals surface area (Å²) >= 11 is 7.62. The summed E-state index contributed by atoms with van der Waals surface area (Å²) < 4.78 is 15.2. The average molecular weight is 392 g/mol. The Morgan fingerprint density at radius 3 is 2.88 bits per heavy atom. The van der Waals surface area contributed by atoms with Gasteiger partial charge in [0.25, 0.3) is 5.91 Å². The number of fused-ring (bicyclic) bond motifs is 1. The number of allylic oxidation sites excluding steroid dienone is 1. The third-order valence-electron chi connectivity index (χ3n) is 4.21. The van der Waals surface area contributed by atoms with Crippen LogP contribution in [-0.2, 0) is 13.1 Å². The van der Waals surface area contributed by atoms with Gasteiger partial charge in [0.15, 0.2) is 11.6 Å². The molecule has 0 saturated carbocycles. The van der Waals surface area contributed by atoms with Crippen LogP contribution >= 0.6 is 23.4 Å². The molecule has 1 aromatic heterocycles. The monoisotopic (exact) mass is 391 g/mol. The van der Waals surface area contributed by atoms with Gasteiger partial charge < -0.3 is 9.47 Å². The van der Waals surface area contributed by atoms with Crippen LogP contribution in [0.15, 0.2) is 28.6 Å². The van der Waals surface area contributed by atoms with Crippen molar-refractivity contribution in [1.29, 1.82) is 0 Å². The average Bonchev–Trinajstić information content (AvgIpc) is 3.36. The van der Waals surface area contributed by atoms with E-state index in [9.17, 15) is 9.18 Å². The van der Waals surface area contributed by atoms with Gasteiger partial charge >= 0.3 is 0 Å². The van der Waals surface area contributed by atoms with E-state index in [0.29, 0.717) is 25.2 Å². The first-order chi connectivity index (χ1) is 12.5. The lowest BCUT2D eigenvalue weighted by atomic mass is 10.1. The number of carbonyl (C=O) groups excluding carboxylic acids is 1. The predicted octanol–water partition coefficient (Wildman–Crippen LogP) is 3.23. The Hall–Kier alpha value is -2.19. The Kier molecular flexibility index (Phi) is 4.54. The quantitative estimate of drug-likeness (QED) is 0.805. The number of thioether (sulfide) groups is 1. The number of amides is 1. The molecule has 1 amide bonds. The Balaban J connectivity index is 1.52. The minimum absolute atomic E-state index is 0.113. The molecule has 0 atom stereocenters. The topological polar surface area (TPSA) is 63.4 Å². The highest BCUT2D eigenvalue weighted by molar-refractivity contribution is 8.17. The number of carbonyl (C=O) groups is 1. The molecule has 0 aliphatic carbocycles. The molecule has 9 heteroatoms. The second-order valence-electron chi connectivity index (χ2n) is 6.07. The molecule has 0 radical (unpaired) electrons. The van der Waals surface area contributed by atoms with Crippen LogP contribution in [0.3, 0.4) is 0 Å². The summed E-state index contributed by atoms with van der Waals surface area (Å²) in [6.07, 6.45) is 0. The molecule has 0 fully saturated rings. The summed E-state index contributed by atoms with van der Waals surface area (Å²) in [5.74, 6) is 0.826. The van der Waals surface area contributed by atoms with Crippen LogP contribution in [0, 0.1) is 5.82 Å². The summed E-state index contributed by atoms with van der Waals surface area (Å²) in [6.45, 7) is 4.27. The highest BCUT2D eigenvalue weighted by atomic mass is 35.5. The zero-order chi connectivity index (χ0) is 18.3. The molecule has 3 heterocycles. The Morgan fingerprint density at radius 1 is 1.35 bits per heavy atom. The molecule has 134 valence electrons. The van der Waals surface area contributed by atoms with Gasteiger partial charge in [0, 0.05) is 18.7 Å². The lowest BCUT2D eigenvalue weighted by Gasteiger charge is -2.28. The van der Waals surface area contributed by atoms with Gasteiger partial charge in [0.05, 0.1) is 28.7 Å². The number of aromatic nitrogens is 3. The molecule has 4 rings (SSSR count). The lowest BCUT2D eigenvalue weighted by molar-refractivity contribution is 0.0707. The minimum atomic E-state index is -0.466. The van der Waals surface area contributed by atoms with Crippen LogP contribution in [0.5, 0.6) is 0 Å². The second-order valence-corrected chi connectivity index (χ2v) is 7.42. The number of rotatable bonds is 3. The molecule has 2 aliphatic rings. The van der Waals surface area contributed by atoms with E-state index in [4.69, 9.17) is 11.6 Å². The van der Waals surface area contributed by atoms with Gasteiger partial charge in [-0.15, -0.1) is 10.2 Å². The third kappa shape index (κ3) is 3.39. The first-order valence-corrected chi connectivity index (χ1v) is 9.32. The first-order valence-electron chi connectivity index (χ1n) is 8.06. The molecule has 0 spiro atoms. The summed E-state index contributed by atoms with van der Waals surface area (Å²) in [4.78, 5) is 18.5. The van der Waals surface area contributed by atoms with Crippen LogP contribution in [0.2, 0.25) is 5.02 Å². The van der Waals surface area contributed by atoms with E-state index in [-0.39, 0.29) is 10.9 Å². The molecule has 1 aromatic carbocycles. The van der Waals surface area contributed by atoms with Gasteiger partial charge in [-0.1, -0.05) is 23.4 Å². The zero-order valence-corrected chi connectivity index (χ0v) is 15.5. The van der Waals surface area contributed by atoms with Crippen LogP contribution < -0.4 is 0 Å². The van der Waals surface area contributed by atoms with Gasteiger partial charge in [0.2, 0.25) is 0 Å². The number of nitrogens with zero attached hydrogens (tertiary/aromatic N) is 5. The maximum absolute atomic E-state index is 13.2. The van der Waals surface area contributed by atoms with Crippen LogP contribution in [0.4, 0.5) is 4.39 Å². The SMILES string of the molecule is C/C(=C\SC1=NC1)c1nnc2n1CCN(C(=O)c1ccc(F)cc1Cl)C2. The second kappa shape index (κ2) is 6.85. The maximum Gasteiger partial charge on any atom is 0.255 e. The number of halogens is 2. The molecule has 0 saturated heterocycles. The van der Waals surface area contributed by atoms with Crippen LogP contribution in [0.25, 0.3) is 5.57 Å². The van der Waals surface area contributed by atoms with Crippen molar-refractivity contribution >= 4 is 39.9 Å². The fourth-order valence-electron chi connectivity index (χ4n) is 2.77. The van der Waals surface area contributed by atoms with Crippen LogP contribution in [0.1, 0.15) is 28.9 Å². The molecule has 0 bridgehead atoms. The van der Waals surface area contributed by atoms with E-state index in [1.807, 2.05) is 16.9 Å². The van der Waals surface area contributed by atoms with Crippen molar-refractivity contribution < 1.29 is 9.18 Å². The summed E-state index contributed by atoms with van der Waals surface area (Å²) in [6, 6.07) is 3.80. The van der Waals surface area contributed by atoms with E-state index in [1.165, 1.54) is 12.1 Å². The van der Waals surface area contributed by atoms with Gasteiger partial charge in [-0.3, -0.25) is 9.79 Å². The highest BCUT2D eigenvalue weighted by Crippen LogP contribution is 2.25. The lowest BCUT2D eigenvalue weighted by Crippen LogP contribution is -2.38. The molecule has 0 N–H and O–H groups in total. The number of benzene rings is 1. The van der Waals surface area contributed by atoms with Crippen molar-refractivity contribution in [3.63, 3.8) is 0 Å². The largest absolute Gasteiger partial charge is 0.329 e. The predicted molar refractivity (Wildman–Crippen MR) is 99.7 cm³/mol.